The van der Waals surface area contributed by atoms with Crippen LogP contribution in [0.15, 0.2) is 145 Å². The Balaban J connectivity index is 0.000000264. The van der Waals surface area contributed by atoms with Gasteiger partial charge in [0, 0.05) is 35.8 Å². The number of methoxy groups -OCH3 is 2. The van der Waals surface area contributed by atoms with E-state index in [0.29, 0.717) is 48.7 Å². The van der Waals surface area contributed by atoms with Crippen molar-refractivity contribution in [3.8, 4) is 45.3 Å². The summed E-state index contributed by atoms with van der Waals surface area (Å²) in [5.41, 5.74) is 10.6. The lowest BCUT2D eigenvalue weighted by Crippen LogP contribution is -2.13. The lowest BCUT2D eigenvalue weighted by molar-refractivity contribution is -0.118. The molecule has 0 aromatic heterocycles. The Morgan fingerprint density at radius 2 is 0.915 bits per heavy atom. The fraction of sp³-hybridized carbons (Fsp3) is 0.333. The van der Waals surface area contributed by atoms with Gasteiger partial charge in [0.2, 0.25) is 0 Å². The molecule has 0 amide bonds. The van der Waals surface area contributed by atoms with Gasteiger partial charge in [0.15, 0.2) is 0 Å². The van der Waals surface area contributed by atoms with E-state index in [2.05, 4.69) is 66.3 Å². The molecule has 6 aromatic carbocycles. The summed E-state index contributed by atoms with van der Waals surface area (Å²) in [7, 11) is 3.16. The predicted octanol–water partition coefficient (Wildman–Crippen LogP) is 16.4. The number of hydrogen-bond acceptors (Lipinski definition) is 6. The smallest absolute Gasteiger partial charge is 0.131 e. The Kier molecular flexibility index (Phi) is 18.9. The molecule has 2 atom stereocenters. The van der Waals surface area contributed by atoms with E-state index in [-0.39, 0.29) is 45.9 Å². The van der Waals surface area contributed by atoms with Gasteiger partial charge in [-0.3, -0.25) is 9.59 Å². The van der Waals surface area contributed by atoms with Crippen molar-refractivity contribution >= 4 is 11.6 Å². The average Bonchev–Trinajstić information content (AvgIpc) is 3.31. The molecule has 6 aromatic rings. The lowest BCUT2D eigenvalue weighted by atomic mass is 9.81. The van der Waals surface area contributed by atoms with Crippen LogP contribution in [0.1, 0.15) is 134 Å². The molecule has 374 valence electrons. The van der Waals surface area contributed by atoms with Gasteiger partial charge in [-0.1, -0.05) is 114 Å². The van der Waals surface area contributed by atoms with Gasteiger partial charge in [0.1, 0.15) is 59.4 Å². The van der Waals surface area contributed by atoms with E-state index in [1.807, 2.05) is 93.6 Å². The van der Waals surface area contributed by atoms with E-state index >= 15 is 0 Å². The fourth-order valence-electron chi connectivity index (χ4n) is 8.58. The van der Waals surface area contributed by atoms with E-state index in [0.717, 1.165) is 61.6 Å². The SMILES string of the molecule is C=C(C)[C@@H](CC(C)=O)c1ccc(OCc2ccc(C(C)(C)C)c(-c3cc(OC)ccc3F)c2)cc1.COc1ccc(F)c(-c2cc(COc3ccc([C@@H](C=C(C)C)CC(C)=O)cc3)ccc2C(C)(C)C)c1. The van der Waals surface area contributed by atoms with Gasteiger partial charge in [0.25, 0.3) is 0 Å². The number of carbonyl (C=O) groups is 2. The minimum absolute atomic E-state index is 0.00631. The van der Waals surface area contributed by atoms with Crippen molar-refractivity contribution in [3.05, 3.63) is 190 Å². The normalized spacial score (nSPS) is 12.2. The molecular formula is C63H72F2O6. The van der Waals surface area contributed by atoms with Gasteiger partial charge in [0.05, 0.1) is 14.2 Å². The van der Waals surface area contributed by atoms with Crippen molar-refractivity contribution in [1.29, 1.82) is 0 Å². The highest BCUT2D eigenvalue weighted by atomic mass is 19.1. The maximum atomic E-state index is 14.9. The van der Waals surface area contributed by atoms with E-state index < -0.39 is 0 Å². The second-order valence-corrected chi connectivity index (χ2v) is 20.7. The van der Waals surface area contributed by atoms with Gasteiger partial charge in [-0.15, -0.1) is 0 Å². The molecule has 0 heterocycles. The molecule has 0 aliphatic rings. The van der Waals surface area contributed by atoms with Crippen molar-refractivity contribution in [1.82, 2.24) is 0 Å². The van der Waals surface area contributed by atoms with Crippen LogP contribution in [0.4, 0.5) is 8.78 Å². The van der Waals surface area contributed by atoms with Crippen molar-refractivity contribution < 1.29 is 37.3 Å². The van der Waals surface area contributed by atoms with Crippen molar-refractivity contribution in [3.63, 3.8) is 0 Å². The first kappa shape index (κ1) is 55.1. The molecule has 0 aliphatic carbocycles. The number of hydrogen-bond donors (Lipinski definition) is 0. The van der Waals surface area contributed by atoms with Gasteiger partial charge in [-0.2, -0.15) is 0 Å². The Morgan fingerprint density at radius 1 is 0.521 bits per heavy atom. The molecule has 6 rings (SSSR count). The van der Waals surface area contributed by atoms with Crippen molar-refractivity contribution in [2.75, 3.05) is 14.2 Å². The van der Waals surface area contributed by atoms with Crippen LogP contribution >= 0.6 is 0 Å². The zero-order valence-electron chi connectivity index (χ0n) is 44.0. The minimum Gasteiger partial charge on any atom is -0.497 e. The molecule has 0 N–H and O–H groups in total. The van der Waals surface area contributed by atoms with E-state index in [4.69, 9.17) is 18.9 Å². The Bertz CT molecular complexity index is 2820. The lowest BCUT2D eigenvalue weighted by Gasteiger charge is -2.24. The quantitative estimate of drug-likeness (QED) is 0.0799. The Hall–Kier alpha value is -6.80. The zero-order valence-corrected chi connectivity index (χ0v) is 44.0. The van der Waals surface area contributed by atoms with Crippen molar-refractivity contribution in [2.24, 2.45) is 0 Å². The summed E-state index contributed by atoms with van der Waals surface area (Å²) in [6.45, 7) is 26.7. The largest absolute Gasteiger partial charge is 0.497 e. The highest BCUT2D eigenvalue weighted by molar-refractivity contribution is 5.77. The van der Waals surface area contributed by atoms with Crippen LogP contribution in [0.3, 0.4) is 0 Å². The molecule has 0 saturated heterocycles. The monoisotopic (exact) mass is 963 g/mol. The summed E-state index contributed by atoms with van der Waals surface area (Å²) in [5, 5.41) is 0. The van der Waals surface area contributed by atoms with Crippen LogP contribution in [0.25, 0.3) is 22.3 Å². The molecule has 0 aliphatic heterocycles. The van der Waals surface area contributed by atoms with Crippen molar-refractivity contribution in [2.45, 2.75) is 125 Å². The number of ketones is 2. The summed E-state index contributed by atoms with van der Waals surface area (Å²) < 4.78 is 52.6. The fourth-order valence-corrected chi connectivity index (χ4v) is 8.58. The van der Waals surface area contributed by atoms with Crippen LogP contribution in [-0.2, 0) is 33.6 Å². The van der Waals surface area contributed by atoms with E-state index in [1.165, 1.54) is 17.7 Å². The highest BCUT2D eigenvalue weighted by Crippen LogP contribution is 2.39. The molecule has 0 saturated carbocycles. The third kappa shape index (κ3) is 15.6. The molecule has 6 nitrogen and oxygen atoms in total. The predicted molar refractivity (Wildman–Crippen MR) is 286 cm³/mol. The molecule has 0 radical (unpaired) electrons. The number of halogens is 2. The molecule has 0 spiro atoms. The van der Waals surface area contributed by atoms with Crippen LogP contribution in [0, 0.1) is 11.6 Å². The minimum atomic E-state index is -0.289. The first-order valence-corrected chi connectivity index (χ1v) is 24.2. The maximum Gasteiger partial charge on any atom is 0.131 e. The zero-order chi connectivity index (χ0) is 52.2. The molecule has 71 heavy (non-hydrogen) atoms. The third-order valence-corrected chi connectivity index (χ3v) is 12.2. The number of Topliss-reactive ketones (excluding diaryl/α,β-unsaturated/α-hetero) is 2. The first-order chi connectivity index (χ1) is 33.5. The third-order valence-electron chi connectivity index (χ3n) is 12.2. The maximum absolute atomic E-state index is 14.9. The molecular weight excluding hydrogens is 891 g/mol. The highest BCUT2D eigenvalue weighted by Gasteiger charge is 2.24. The average molecular weight is 963 g/mol. The molecule has 0 bridgehead atoms. The van der Waals surface area contributed by atoms with Crippen LogP contribution < -0.4 is 18.9 Å². The van der Waals surface area contributed by atoms with Gasteiger partial charge >= 0.3 is 0 Å². The number of benzene rings is 6. The van der Waals surface area contributed by atoms with Crippen LogP contribution in [0.5, 0.6) is 23.0 Å². The van der Waals surface area contributed by atoms with Gasteiger partial charge in [-0.05, 0) is 163 Å². The standard InChI is InChI=1S/C32H37FO3.C31H35FO3/c1-21(2)16-25(17-22(3)34)24-9-11-26(12-10-24)36-20-23-8-14-30(32(4,5)6)28(18-23)29-19-27(35-7)13-15-31(29)33;1-20(2)26(16-21(3)33)23-9-11-24(12-10-23)35-19-22-8-14-29(31(4,5)6)27(17-22)28-18-25(34-7)13-15-30(28)32/h8-16,18-19,25H,17,20H2,1-7H3;8-15,17-18,26H,1,16,19H2,2-7H3/t25-;26-/m01/s1. The molecule has 0 unspecified atom stereocenters. The summed E-state index contributed by atoms with van der Waals surface area (Å²) in [6, 6.07) is 37.5. The van der Waals surface area contributed by atoms with Gasteiger partial charge < -0.3 is 18.9 Å². The molecule has 8 heteroatoms. The number of allylic oxidation sites excluding steroid dienone is 3. The summed E-state index contributed by atoms with van der Waals surface area (Å²) in [6.07, 6.45) is 3.06. The summed E-state index contributed by atoms with van der Waals surface area (Å²) in [5.74, 6) is 2.50. The van der Waals surface area contributed by atoms with Crippen LogP contribution in [-0.4, -0.2) is 25.8 Å². The topological polar surface area (TPSA) is 71.1 Å². The summed E-state index contributed by atoms with van der Waals surface area (Å²) in [4.78, 5) is 23.4. The first-order valence-electron chi connectivity index (χ1n) is 24.2. The number of carbonyl (C=O) groups excluding carboxylic acids is 2. The Labute approximate surface area is 421 Å². The van der Waals surface area contributed by atoms with E-state index in [1.54, 1.807) is 52.3 Å². The second kappa shape index (κ2) is 24.4. The summed E-state index contributed by atoms with van der Waals surface area (Å²) >= 11 is 0. The number of ether oxygens (including phenoxy) is 4. The number of rotatable bonds is 18. The molecule has 0 fully saturated rings. The van der Waals surface area contributed by atoms with Crippen LogP contribution in [0.2, 0.25) is 0 Å². The van der Waals surface area contributed by atoms with E-state index in [9.17, 15) is 18.4 Å². The second-order valence-electron chi connectivity index (χ2n) is 20.7. The Morgan fingerprint density at radius 3 is 1.27 bits per heavy atom. The van der Waals surface area contributed by atoms with Gasteiger partial charge in [-0.25, -0.2) is 8.78 Å².